The number of rotatable bonds is 8. The lowest BCUT2D eigenvalue weighted by atomic mass is 10.1. The molecule has 0 unspecified atom stereocenters. The molecule has 1 N–H and O–H groups in total. The highest BCUT2D eigenvalue weighted by atomic mass is 35.5. The average molecular weight is 299 g/mol. The maximum atomic E-state index is 5.89. The number of nitrogens with zero attached hydrogens (tertiary/aromatic N) is 3. The lowest BCUT2D eigenvalue weighted by molar-refractivity contribution is 0.627. The third-order valence-corrected chi connectivity index (χ3v) is 4.19. The van der Waals surface area contributed by atoms with Crippen LogP contribution in [0.5, 0.6) is 0 Å². The van der Waals surface area contributed by atoms with Gasteiger partial charge in [0.1, 0.15) is 10.5 Å². The summed E-state index contributed by atoms with van der Waals surface area (Å²) in [5.41, 5.74) is 1.53. The smallest absolute Gasteiger partial charge is 0.225 e. The summed E-state index contributed by atoms with van der Waals surface area (Å²) in [6, 6.07) is 0. The number of hydrogen-bond donors (Lipinski definition) is 1. The van der Waals surface area contributed by atoms with E-state index in [1.807, 2.05) is 0 Å². The Kier molecular flexibility index (Phi) is 5.92. The summed E-state index contributed by atoms with van der Waals surface area (Å²) in [7, 11) is 0. The molecule has 4 nitrogen and oxygen atoms in total. The predicted molar refractivity (Wildman–Crippen MR) is 80.8 cm³/mol. The van der Waals surface area contributed by atoms with Gasteiger partial charge >= 0.3 is 0 Å². The van der Waals surface area contributed by atoms with Crippen molar-refractivity contribution in [3.8, 4) is 0 Å². The molecule has 0 amide bonds. The second-order valence-electron chi connectivity index (χ2n) is 4.52. The zero-order valence-corrected chi connectivity index (χ0v) is 12.7. The number of imidazole rings is 1. The van der Waals surface area contributed by atoms with E-state index in [2.05, 4.69) is 26.9 Å². The molecular formula is C13H19ClN4S. The molecule has 0 bridgehead atoms. The molecule has 0 fully saturated rings. The molecule has 2 aromatic rings. The average Bonchev–Trinajstić information content (AvgIpc) is 2.85. The third-order valence-electron chi connectivity index (χ3n) is 2.96. The SMILES string of the molecule is CCCCCCCCSc1nc(Cl)nc2nc[nH]c12. The molecular weight excluding hydrogens is 280 g/mol. The standard InChI is InChI=1S/C13H19ClN4S/c1-2-3-4-5-6-7-8-19-12-10-11(16-9-15-10)17-13(14)18-12/h9H,2-8H2,1H3,(H,15,16,17,18). The van der Waals surface area contributed by atoms with Gasteiger partial charge in [-0.3, -0.25) is 0 Å². The highest BCUT2D eigenvalue weighted by Gasteiger charge is 2.08. The van der Waals surface area contributed by atoms with E-state index in [-0.39, 0.29) is 5.28 Å². The van der Waals surface area contributed by atoms with E-state index in [4.69, 9.17) is 11.6 Å². The molecule has 0 radical (unpaired) electrons. The summed E-state index contributed by atoms with van der Waals surface area (Å²) in [5.74, 6) is 1.06. The van der Waals surface area contributed by atoms with E-state index in [1.165, 1.54) is 38.5 Å². The Morgan fingerprint density at radius 2 is 1.95 bits per heavy atom. The first-order chi connectivity index (χ1) is 9.31. The highest BCUT2D eigenvalue weighted by Crippen LogP contribution is 2.25. The number of aromatic amines is 1. The number of hydrogen-bond acceptors (Lipinski definition) is 4. The van der Waals surface area contributed by atoms with Gasteiger partial charge in [-0.1, -0.05) is 39.0 Å². The van der Waals surface area contributed by atoms with Crippen LogP contribution in [0.3, 0.4) is 0 Å². The first-order valence-corrected chi connectivity index (χ1v) is 8.17. The minimum atomic E-state index is 0.269. The molecule has 104 valence electrons. The summed E-state index contributed by atoms with van der Waals surface area (Å²) in [6.07, 6.45) is 9.47. The number of halogens is 1. The van der Waals surface area contributed by atoms with Crippen LogP contribution in [0.25, 0.3) is 11.2 Å². The van der Waals surface area contributed by atoms with Gasteiger partial charge in [-0.15, -0.1) is 11.8 Å². The van der Waals surface area contributed by atoms with E-state index < -0.39 is 0 Å². The van der Waals surface area contributed by atoms with Crippen LogP contribution in [0.4, 0.5) is 0 Å². The van der Waals surface area contributed by atoms with Gasteiger partial charge < -0.3 is 4.98 Å². The fourth-order valence-corrected chi connectivity index (χ4v) is 3.14. The van der Waals surface area contributed by atoms with Gasteiger partial charge in [-0.2, -0.15) is 4.98 Å². The van der Waals surface area contributed by atoms with E-state index in [9.17, 15) is 0 Å². The predicted octanol–water partition coefficient (Wildman–Crippen LogP) is 4.46. The highest BCUT2D eigenvalue weighted by molar-refractivity contribution is 7.99. The van der Waals surface area contributed by atoms with Crippen LogP contribution in [-0.4, -0.2) is 25.7 Å². The van der Waals surface area contributed by atoms with E-state index >= 15 is 0 Å². The second kappa shape index (κ2) is 7.70. The van der Waals surface area contributed by atoms with Crippen molar-refractivity contribution in [3.63, 3.8) is 0 Å². The van der Waals surface area contributed by atoms with Crippen LogP contribution >= 0.6 is 23.4 Å². The summed E-state index contributed by atoms with van der Waals surface area (Å²) >= 11 is 7.61. The summed E-state index contributed by atoms with van der Waals surface area (Å²) in [5, 5.41) is 1.17. The van der Waals surface area contributed by atoms with E-state index in [0.717, 1.165) is 16.3 Å². The van der Waals surface area contributed by atoms with Crippen molar-refractivity contribution in [1.29, 1.82) is 0 Å². The Morgan fingerprint density at radius 1 is 1.16 bits per heavy atom. The number of nitrogens with one attached hydrogen (secondary N) is 1. The molecule has 0 atom stereocenters. The number of unbranched alkanes of at least 4 members (excludes halogenated alkanes) is 5. The summed E-state index contributed by atoms with van der Waals surface area (Å²) in [4.78, 5) is 15.5. The number of aromatic nitrogens is 4. The molecule has 0 aliphatic heterocycles. The van der Waals surface area contributed by atoms with Crippen LogP contribution < -0.4 is 0 Å². The van der Waals surface area contributed by atoms with Gasteiger partial charge in [0, 0.05) is 0 Å². The number of fused-ring (bicyclic) bond motifs is 1. The van der Waals surface area contributed by atoms with Gasteiger partial charge in [0.05, 0.1) is 6.33 Å². The summed E-state index contributed by atoms with van der Waals surface area (Å²) < 4.78 is 0. The van der Waals surface area contributed by atoms with E-state index in [0.29, 0.717) is 5.65 Å². The molecule has 0 aliphatic carbocycles. The lowest BCUT2D eigenvalue weighted by Gasteiger charge is -2.03. The van der Waals surface area contributed by atoms with Crippen LogP contribution in [0.2, 0.25) is 5.28 Å². The third kappa shape index (κ3) is 4.35. The molecule has 0 aromatic carbocycles. The van der Waals surface area contributed by atoms with Crippen LogP contribution in [0.15, 0.2) is 11.4 Å². The maximum Gasteiger partial charge on any atom is 0.225 e. The van der Waals surface area contributed by atoms with Crippen molar-refractivity contribution >= 4 is 34.5 Å². The normalized spacial score (nSPS) is 11.3. The first kappa shape index (κ1) is 14.6. The van der Waals surface area contributed by atoms with Crippen LogP contribution in [0, 0.1) is 0 Å². The van der Waals surface area contributed by atoms with Crippen molar-refractivity contribution < 1.29 is 0 Å². The number of thioether (sulfide) groups is 1. The zero-order valence-electron chi connectivity index (χ0n) is 11.2. The lowest BCUT2D eigenvalue weighted by Crippen LogP contribution is -1.90. The monoisotopic (exact) mass is 298 g/mol. The molecule has 2 aromatic heterocycles. The van der Waals surface area contributed by atoms with Gasteiger partial charge in [-0.25, -0.2) is 9.97 Å². The van der Waals surface area contributed by atoms with Gasteiger partial charge in [-0.05, 0) is 23.8 Å². The molecule has 0 spiro atoms. The van der Waals surface area contributed by atoms with Crippen molar-refractivity contribution in [3.05, 3.63) is 11.6 Å². The first-order valence-electron chi connectivity index (χ1n) is 6.80. The molecule has 2 heterocycles. The van der Waals surface area contributed by atoms with Gasteiger partial charge in [0.25, 0.3) is 0 Å². The Hall–Kier alpha value is -0.810. The largest absolute Gasteiger partial charge is 0.341 e. The minimum absolute atomic E-state index is 0.269. The van der Waals surface area contributed by atoms with E-state index in [1.54, 1.807) is 18.1 Å². The summed E-state index contributed by atoms with van der Waals surface area (Å²) in [6.45, 7) is 2.24. The minimum Gasteiger partial charge on any atom is -0.341 e. The van der Waals surface area contributed by atoms with Crippen molar-refractivity contribution in [2.75, 3.05) is 5.75 Å². The Balaban J connectivity index is 1.79. The fourth-order valence-electron chi connectivity index (χ4n) is 1.94. The van der Waals surface area contributed by atoms with Crippen molar-refractivity contribution in [2.24, 2.45) is 0 Å². The molecule has 6 heteroatoms. The zero-order chi connectivity index (χ0) is 13.5. The van der Waals surface area contributed by atoms with Gasteiger partial charge in [0.2, 0.25) is 5.28 Å². The Bertz CT molecular complexity index is 514. The van der Waals surface area contributed by atoms with Crippen LogP contribution in [0.1, 0.15) is 45.4 Å². The van der Waals surface area contributed by atoms with Gasteiger partial charge in [0.15, 0.2) is 5.65 Å². The van der Waals surface area contributed by atoms with Crippen molar-refractivity contribution in [2.45, 2.75) is 50.5 Å². The topological polar surface area (TPSA) is 54.5 Å². The maximum absolute atomic E-state index is 5.89. The Labute approximate surface area is 122 Å². The number of H-pyrrole nitrogens is 1. The molecule has 0 saturated heterocycles. The molecule has 19 heavy (non-hydrogen) atoms. The molecule has 2 rings (SSSR count). The quantitative estimate of drug-likeness (QED) is 0.338. The molecule has 0 saturated carbocycles. The fraction of sp³-hybridized carbons (Fsp3) is 0.615. The molecule has 0 aliphatic rings. The second-order valence-corrected chi connectivity index (χ2v) is 5.94. The van der Waals surface area contributed by atoms with Crippen molar-refractivity contribution in [1.82, 2.24) is 19.9 Å². The Morgan fingerprint density at radius 3 is 2.79 bits per heavy atom. The van der Waals surface area contributed by atoms with Crippen LogP contribution in [-0.2, 0) is 0 Å².